The van der Waals surface area contributed by atoms with Crippen molar-refractivity contribution in [2.24, 2.45) is 0 Å². The SMILES string of the molecule is c1ccc(-n2c3ccccc3c3c4c5cc6c(cc5n5c7ccccc7c(cc32)c45)c2c3c(cc4c5ccccc5n6c42)c2ccccc2n3-c2ccccc2)cc1. The van der Waals surface area contributed by atoms with Gasteiger partial charge in [-0.05, 0) is 72.8 Å². The Bertz CT molecular complexity index is 4230. The summed E-state index contributed by atoms with van der Waals surface area (Å²) in [6, 6.07) is 67.6. The lowest BCUT2D eigenvalue weighted by Crippen LogP contribution is -1.93. The second-order valence-electron chi connectivity index (χ2n) is 16.1. The van der Waals surface area contributed by atoms with Crippen molar-refractivity contribution in [1.29, 1.82) is 0 Å². The van der Waals surface area contributed by atoms with Crippen LogP contribution in [-0.4, -0.2) is 17.9 Å². The van der Waals surface area contributed by atoms with Crippen molar-refractivity contribution in [1.82, 2.24) is 17.9 Å². The monoisotopic (exact) mass is 734 g/mol. The zero-order valence-corrected chi connectivity index (χ0v) is 31.1. The van der Waals surface area contributed by atoms with Gasteiger partial charge in [-0.15, -0.1) is 0 Å². The number of hydrogen-bond donors (Lipinski definition) is 0. The van der Waals surface area contributed by atoms with E-state index in [1.807, 2.05) is 0 Å². The third kappa shape index (κ3) is 3.30. The van der Waals surface area contributed by atoms with Gasteiger partial charge in [0.2, 0.25) is 0 Å². The van der Waals surface area contributed by atoms with E-state index in [-0.39, 0.29) is 0 Å². The number of rotatable bonds is 2. The number of hydrogen-bond acceptors (Lipinski definition) is 0. The summed E-state index contributed by atoms with van der Waals surface area (Å²) in [6.07, 6.45) is 0. The average molecular weight is 735 g/mol. The quantitative estimate of drug-likeness (QED) is 0.168. The van der Waals surface area contributed by atoms with Gasteiger partial charge in [0, 0.05) is 76.0 Å². The molecule has 0 aliphatic heterocycles. The number of benzene rings is 9. The molecular weight excluding hydrogens is 705 g/mol. The minimum Gasteiger partial charge on any atom is -0.309 e. The average Bonchev–Trinajstić information content (AvgIpc) is 4.11. The molecule has 15 rings (SSSR count). The number of fused-ring (bicyclic) bond motifs is 20. The highest BCUT2D eigenvalue weighted by atomic mass is 15.0. The van der Waals surface area contributed by atoms with Crippen LogP contribution >= 0.6 is 0 Å². The highest BCUT2D eigenvalue weighted by Crippen LogP contribution is 2.51. The first kappa shape index (κ1) is 29.5. The summed E-state index contributed by atoms with van der Waals surface area (Å²) < 4.78 is 10.1. The van der Waals surface area contributed by atoms with Crippen LogP contribution in [0.15, 0.2) is 182 Å². The van der Waals surface area contributed by atoms with Crippen molar-refractivity contribution in [3.8, 4) is 11.4 Å². The molecule has 0 radical (unpaired) electrons. The van der Waals surface area contributed by atoms with Gasteiger partial charge in [-0.2, -0.15) is 0 Å². The molecule has 0 saturated carbocycles. The van der Waals surface area contributed by atoms with Crippen LogP contribution in [0.3, 0.4) is 0 Å². The van der Waals surface area contributed by atoms with Gasteiger partial charge >= 0.3 is 0 Å². The molecule has 0 aliphatic carbocycles. The lowest BCUT2D eigenvalue weighted by atomic mass is 10.00. The van der Waals surface area contributed by atoms with E-state index >= 15 is 0 Å². The zero-order chi connectivity index (χ0) is 37.4. The van der Waals surface area contributed by atoms with Gasteiger partial charge in [-0.3, -0.25) is 0 Å². The lowest BCUT2D eigenvalue weighted by Gasteiger charge is -2.09. The third-order valence-corrected chi connectivity index (χ3v) is 13.3. The summed E-state index contributed by atoms with van der Waals surface area (Å²) >= 11 is 0. The van der Waals surface area contributed by atoms with Gasteiger partial charge in [0.05, 0.1) is 55.2 Å². The van der Waals surface area contributed by atoms with Gasteiger partial charge in [0.25, 0.3) is 0 Å². The van der Waals surface area contributed by atoms with Crippen molar-refractivity contribution in [3.63, 3.8) is 0 Å². The van der Waals surface area contributed by atoms with E-state index in [9.17, 15) is 0 Å². The highest BCUT2D eigenvalue weighted by Gasteiger charge is 2.28. The molecule has 4 heteroatoms. The molecule has 0 spiro atoms. The van der Waals surface area contributed by atoms with Crippen LogP contribution in [0.5, 0.6) is 0 Å². The molecule has 6 aromatic heterocycles. The van der Waals surface area contributed by atoms with Gasteiger partial charge in [-0.1, -0.05) is 109 Å². The minimum absolute atomic E-state index is 1.17. The van der Waals surface area contributed by atoms with Crippen LogP contribution in [0.1, 0.15) is 0 Å². The Morgan fingerprint density at radius 2 is 0.638 bits per heavy atom. The second kappa shape index (κ2) is 10.1. The fourth-order valence-corrected chi connectivity index (χ4v) is 11.2. The van der Waals surface area contributed by atoms with Crippen LogP contribution in [-0.2, 0) is 0 Å². The molecule has 0 fully saturated rings. The van der Waals surface area contributed by atoms with Crippen molar-refractivity contribution in [3.05, 3.63) is 182 Å². The predicted molar refractivity (Wildman–Crippen MR) is 244 cm³/mol. The normalized spacial score (nSPS) is 12.8. The molecule has 266 valence electrons. The first-order valence-corrected chi connectivity index (χ1v) is 20.1. The zero-order valence-electron chi connectivity index (χ0n) is 31.1. The summed E-state index contributed by atoms with van der Waals surface area (Å²) in [5, 5.41) is 15.5. The molecule has 0 aliphatic rings. The van der Waals surface area contributed by atoms with E-state index in [2.05, 4.69) is 200 Å². The van der Waals surface area contributed by atoms with Crippen LogP contribution in [0.2, 0.25) is 0 Å². The molecule has 9 aromatic carbocycles. The van der Waals surface area contributed by atoms with E-state index in [1.165, 1.54) is 131 Å². The van der Waals surface area contributed by atoms with E-state index in [1.54, 1.807) is 0 Å². The fourth-order valence-electron chi connectivity index (χ4n) is 11.2. The molecular formula is C54H30N4. The summed E-state index contributed by atoms with van der Waals surface area (Å²) in [4.78, 5) is 0. The first-order valence-electron chi connectivity index (χ1n) is 20.1. The summed E-state index contributed by atoms with van der Waals surface area (Å²) in [6.45, 7) is 0. The maximum atomic E-state index is 2.57. The van der Waals surface area contributed by atoms with Crippen LogP contribution < -0.4 is 0 Å². The fraction of sp³-hybridized carbons (Fsp3) is 0. The van der Waals surface area contributed by atoms with Crippen molar-refractivity contribution >= 4 is 120 Å². The van der Waals surface area contributed by atoms with Crippen molar-refractivity contribution in [2.75, 3.05) is 0 Å². The Hall–Kier alpha value is -7.82. The summed E-state index contributed by atoms with van der Waals surface area (Å²) in [5.74, 6) is 0. The number of para-hydroxylation sites is 6. The molecule has 0 saturated heterocycles. The van der Waals surface area contributed by atoms with Crippen molar-refractivity contribution in [2.45, 2.75) is 0 Å². The first-order chi connectivity index (χ1) is 28.8. The maximum Gasteiger partial charge on any atom is 0.0642 e. The molecule has 15 aromatic rings. The van der Waals surface area contributed by atoms with E-state index in [0.717, 1.165) is 0 Å². The molecule has 0 bridgehead atoms. The van der Waals surface area contributed by atoms with E-state index < -0.39 is 0 Å². The van der Waals surface area contributed by atoms with E-state index in [4.69, 9.17) is 0 Å². The Morgan fingerprint density at radius 1 is 0.224 bits per heavy atom. The van der Waals surface area contributed by atoms with Crippen molar-refractivity contribution < 1.29 is 0 Å². The standard InChI is InChI=1S/C54H30N4/c1-3-15-31(16-4-1)55-45-26-14-10-22-36(45)49-48(55)28-39-35-21-9-13-25-44(35)57-46-30-41-47(29-40(46)50(49)52(39)57)58-43-24-12-8-20-34(43)38-27-37-33-19-7-11-23-42(33)56(32-17-5-2-6-18-32)53(37)51(41)54(38)58/h1-30H. The van der Waals surface area contributed by atoms with E-state index in [0.29, 0.717) is 0 Å². The lowest BCUT2D eigenvalue weighted by molar-refractivity contribution is 1.18. The van der Waals surface area contributed by atoms with Crippen LogP contribution in [0.25, 0.3) is 131 Å². The van der Waals surface area contributed by atoms with Gasteiger partial charge in [0.1, 0.15) is 0 Å². The third-order valence-electron chi connectivity index (χ3n) is 13.3. The van der Waals surface area contributed by atoms with Gasteiger partial charge in [-0.25, -0.2) is 0 Å². The summed E-state index contributed by atoms with van der Waals surface area (Å²) in [7, 11) is 0. The molecule has 0 atom stereocenters. The minimum atomic E-state index is 1.17. The van der Waals surface area contributed by atoms with Crippen LogP contribution in [0, 0.1) is 0 Å². The number of nitrogens with zero attached hydrogens (tertiary/aromatic N) is 4. The topological polar surface area (TPSA) is 18.7 Å². The Balaban J connectivity index is 1.24. The molecule has 6 heterocycles. The number of aromatic nitrogens is 4. The molecule has 4 nitrogen and oxygen atoms in total. The molecule has 0 N–H and O–H groups in total. The maximum absolute atomic E-state index is 2.57. The smallest absolute Gasteiger partial charge is 0.0642 e. The second-order valence-corrected chi connectivity index (χ2v) is 16.1. The summed E-state index contributed by atoms with van der Waals surface area (Å²) in [5.41, 5.74) is 14.8. The van der Waals surface area contributed by atoms with Crippen LogP contribution in [0.4, 0.5) is 0 Å². The predicted octanol–water partition coefficient (Wildman–Crippen LogP) is 14.2. The molecule has 0 unspecified atom stereocenters. The Morgan fingerprint density at radius 3 is 1.26 bits per heavy atom. The highest BCUT2D eigenvalue weighted by molar-refractivity contribution is 6.39. The van der Waals surface area contributed by atoms with Gasteiger partial charge < -0.3 is 17.9 Å². The molecule has 58 heavy (non-hydrogen) atoms. The largest absolute Gasteiger partial charge is 0.309 e. The van der Waals surface area contributed by atoms with Gasteiger partial charge in [0.15, 0.2) is 0 Å². The molecule has 0 amide bonds. The Labute approximate surface area is 329 Å². The Kier molecular flexibility index (Phi) is 5.14.